The van der Waals surface area contributed by atoms with Crippen LogP contribution in [-0.2, 0) is 28.4 Å². The molecule has 0 spiro atoms. The Kier molecular flexibility index (Phi) is 12.1. The molecule has 0 aliphatic rings. The second-order valence-electron chi connectivity index (χ2n) is 5.79. The molecule has 0 rings (SSSR count). The molecule has 0 saturated carbocycles. The lowest BCUT2D eigenvalue weighted by Crippen LogP contribution is -2.37. The number of rotatable bonds is 16. The molecule has 0 aromatic carbocycles. The van der Waals surface area contributed by atoms with Crippen LogP contribution < -0.4 is 0 Å². The largest absolute Gasteiger partial charge is 0.473 e. The lowest BCUT2D eigenvalue weighted by molar-refractivity contribution is -0.141. The van der Waals surface area contributed by atoms with Crippen molar-refractivity contribution in [3.05, 3.63) is 37.0 Å². The monoisotopic (exact) mass is 344 g/mol. The maximum atomic E-state index is 5.60. The van der Waals surface area contributed by atoms with Crippen molar-refractivity contribution in [2.75, 3.05) is 40.2 Å². The molecule has 0 saturated heterocycles. The highest BCUT2D eigenvalue weighted by Crippen LogP contribution is 2.24. The van der Waals surface area contributed by atoms with Crippen LogP contribution in [0.25, 0.3) is 0 Å². The molecule has 0 heterocycles. The molecule has 0 atom stereocenters. The Hall–Kier alpha value is -1.50. The molecule has 0 aromatic rings. The Morgan fingerprint density at radius 1 is 0.667 bits per heavy atom. The molecule has 0 N–H and O–H groups in total. The molecule has 0 radical (unpaired) electrons. The first kappa shape index (κ1) is 22.5. The summed E-state index contributed by atoms with van der Waals surface area (Å²) in [6, 6.07) is 0. The van der Waals surface area contributed by atoms with Crippen LogP contribution in [0, 0.1) is 5.41 Å². The molecule has 0 unspecified atom stereocenters. The topological polar surface area (TPSA) is 55.4 Å². The Balaban J connectivity index is 4.45. The Morgan fingerprint density at radius 3 is 1.17 bits per heavy atom. The van der Waals surface area contributed by atoms with Crippen LogP contribution in [0.1, 0.15) is 34.1 Å². The Morgan fingerprint density at radius 2 is 0.958 bits per heavy atom. The predicted molar refractivity (Wildman–Crippen MR) is 92.9 cm³/mol. The van der Waals surface area contributed by atoms with Crippen molar-refractivity contribution in [1.82, 2.24) is 0 Å². The predicted octanol–water partition coefficient (Wildman–Crippen LogP) is 3.96. The maximum absolute atomic E-state index is 5.60. The van der Waals surface area contributed by atoms with Gasteiger partial charge in [0.15, 0.2) is 20.4 Å². The van der Waals surface area contributed by atoms with Crippen molar-refractivity contribution in [3.8, 4) is 0 Å². The minimum atomic E-state index is -0.338. The van der Waals surface area contributed by atoms with E-state index in [0.29, 0.717) is 37.1 Å². The van der Waals surface area contributed by atoms with E-state index in [4.69, 9.17) is 28.4 Å². The van der Waals surface area contributed by atoms with Crippen molar-refractivity contribution in [2.24, 2.45) is 5.41 Å². The summed E-state index contributed by atoms with van der Waals surface area (Å²) in [5, 5.41) is 0. The summed E-state index contributed by atoms with van der Waals surface area (Å²) in [4.78, 5) is 0. The Bertz CT molecular complexity index is 336. The zero-order chi connectivity index (χ0) is 18.4. The van der Waals surface area contributed by atoms with Gasteiger partial charge in [-0.3, -0.25) is 0 Å². The maximum Gasteiger partial charge on any atom is 0.188 e. The smallest absolute Gasteiger partial charge is 0.188 e. The SMILES string of the molecule is C=C(C)OCOCC(CC)(COCOC(=C)C)COCOC(=C)C. The summed E-state index contributed by atoms with van der Waals surface area (Å²) in [6.07, 6.45) is 0.792. The van der Waals surface area contributed by atoms with Gasteiger partial charge in [-0.25, -0.2) is 0 Å². The van der Waals surface area contributed by atoms with Gasteiger partial charge in [-0.1, -0.05) is 26.7 Å². The van der Waals surface area contributed by atoms with Gasteiger partial charge in [-0.05, 0) is 27.2 Å². The summed E-state index contributed by atoms with van der Waals surface area (Å²) < 4.78 is 32.5. The van der Waals surface area contributed by atoms with E-state index in [1.807, 2.05) is 0 Å². The summed E-state index contributed by atoms with van der Waals surface area (Å²) in [5.41, 5.74) is -0.338. The molecule has 0 aliphatic heterocycles. The third-order valence-electron chi connectivity index (χ3n) is 3.14. The molecule has 0 aliphatic carbocycles. The molecule has 0 bridgehead atoms. The van der Waals surface area contributed by atoms with Crippen LogP contribution >= 0.6 is 0 Å². The van der Waals surface area contributed by atoms with E-state index < -0.39 is 0 Å². The van der Waals surface area contributed by atoms with Crippen molar-refractivity contribution < 1.29 is 28.4 Å². The van der Waals surface area contributed by atoms with Crippen LogP contribution in [-0.4, -0.2) is 40.2 Å². The fraction of sp³-hybridized carbons (Fsp3) is 0.667. The quantitative estimate of drug-likeness (QED) is 0.240. The van der Waals surface area contributed by atoms with Crippen LogP contribution in [0.4, 0.5) is 0 Å². The lowest BCUT2D eigenvalue weighted by Gasteiger charge is -2.32. The van der Waals surface area contributed by atoms with Gasteiger partial charge < -0.3 is 28.4 Å². The lowest BCUT2D eigenvalue weighted by atomic mass is 9.88. The molecular formula is C18H32O6. The summed E-state index contributed by atoms with van der Waals surface area (Å²) in [5.74, 6) is 1.82. The van der Waals surface area contributed by atoms with Crippen LogP contribution in [0.3, 0.4) is 0 Å². The van der Waals surface area contributed by atoms with Gasteiger partial charge in [0.25, 0.3) is 0 Å². The zero-order valence-electron chi connectivity index (χ0n) is 15.5. The second-order valence-corrected chi connectivity index (χ2v) is 5.79. The van der Waals surface area contributed by atoms with Gasteiger partial charge in [0.2, 0.25) is 0 Å². The van der Waals surface area contributed by atoms with E-state index in [1.54, 1.807) is 20.8 Å². The van der Waals surface area contributed by atoms with E-state index in [9.17, 15) is 0 Å². The first-order valence-corrected chi connectivity index (χ1v) is 7.89. The average Bonchev–Trinajstić information content (AvgIpc) is 2.51. The number of ether oxygens (including phenoxy) is 6. The minimum absolute atomic E-state index is 0.140. The second kappa shape index (κ2) is 12.9. The van der Waals surface area contributed by atoms with Gasteiger partial charge in [0, 0.05) is 5.41 Å². The minimum Gasteiger partial charge on any atom is -0.473 e. The summed E-state index contributed by atoms with van der Waals surface area (Å²) in [6.45, 7) is 20.0. The summed E-state index contributed by atoms with van der Waals surface area (Å²) >= 11 is 0. The molecule has 6 heteroatoms. The highest BCUT2D eigenvalue weighted by molar-refractivity contribution is 4.79. The molecule has 6 nitrogen and oxygen atoms in total. The van der Waals surface area contributed by atoms with Gasteiger partial charge in [-0.2, -0.15) is 0 Å². The highest BCUT2D eigenvalue weighted by Gasteiger charge is 2.30. The van der Waals surface area contributed by atoms with E-state index in [-0.39, 0.29) is 25.8 Å². The van der Waals surface area contributed by atoms with Crippen LogP contribution in [0.5, 0.6) is 0 Å². The van der Waals surface area contributed by atoms with Crippen molar-refractivity contribution in [1.29, 1.82) is 0 Å². The van der Waals surface area contributed by atoms with Crippen molar-refractivity contribution in [2.45, 2.75) is 34.1 Å². The van der Waals surface area contributed by atoms with E-state index in [1.165, 1.54) is 0 Å². The Labute approximate surface area is 146 Å². The van der Waals surface area contributed by atoms with Gasteiger partial charge in [-0.15, -0.1) is 0 Å². The van der Waals surface area contributed by atoms with Crippen molar-refractivity contribution >= 4 is 0 Å². The molecule has 0 fully saturated rings. The highest BCUT2D eigenvalue weighted by atomic mass is 16.7. The fourth-order valence-electron chi connectivity index (χ4n) is 1.63. The van der Waals surface area contributed by atoms with Crippen LogP contribution in [0.2, 0.25) is 0 Å². The molecule has 0 amide bonds. The number of allylic oxidation sites excluding steroid dienone is 3. The van der Waals surface area contributed by atoms with Crippen LogP contribution in [0.15, 0.2) is 37.0 Å². The molecule has 0 aromatic heterocycles. The number of hydrogen-bond donors (Lipinski definition) is 0. The van der Waals surface area contributed by atoms with E-state index in [2.05, 4.69) is 26.7 Å². The number of hydrogen-bond acceptors (Lipinski definition) is 6. The third kappa shape index (κ3) is 12.0. The third-order valence-corrected chi connectivity index (χ3v) is 3.14. The molecular weight excluding hydrogens is 312 g/mol. The molecule has 140 valence electrons. The standard InChI is InChI=1S/C18H32O6/c1-8-18(9-19-12-22-15(2)3,10-20-13-23-16(4)5)11-21-14-24-17(6)7/h2,4,6,8-14H2,1,3,5,7H3. The van der Waals surface area contributed by atoms with E-state index >= 15 is 0 Å². The summed E-state index contributed by atoms with van der Waals surface area (Å²) in [7, 11) is 0. The first-order valence-electron chi connectivity index (χ1n) is 7.89. The average molecular weight is 344 g/mol. The van der Waals surface area contributed by atoms with Crippen molar-refractivity contribution in [3.63, 3.8) is 0 Å². The van der Waals surface area contributed by atoms with Gasteiger partial charge in [0.05, 0.1) is 37.1 Å². The van der Waals surface area contributed by atoms with Gasteiger partial charge in [0.1, 0.15) is 0 Å². The van der Waals surface area contributed by atoms with Gasteiger partial charge >= 0.3 is 0 Å². The fourth-order valence-corrected chi connectivity index (χ4v) is 1.63. The first-order chi connectivity index (χ1) is 11.3. The van der Waals surface area contributed by atoms with E-state index in [0.717, 1.165) is 6.42 Å². The zero-order valence-corrected chi connectivity index (χ0v) is 15.5. The normalized spacial score (nSPS) is 11.0. The molecule has 24 heavy (non-hydrogen) atoms.